The predicted octanol–water partition coefficient (Wildman–Crippen LogP) is 2.07. The van der Waals surface area contributed by atoms with E-state index in [0.29, 0.717) is 0 Å². The quantitative estimate of drug-likeness (QED) is 0.556. The molecule has 2 aromatic heterocycles. The summed E-state index contributed by atoms with van der Waals surface area (Å²) in [4.78, 5) is 0. The minimum atomic E-state index is 1.16. The molecule has 0 aliphatic heterocycles. The summed E-state index contributed by atoms with van der Waals surface area (Å²) in [6, 6.07) is 10.2. The van der Waals surface area contributed by atoms with Crippen LogP contribution in [0.4, 0.5) is 0 Å². The SMILES string of the molecule is C=Cc1ccc[n+]2ccccc12. The largest absolute Gasteiger partial charge is 0.217 e. The van der Waals surface area contributed by atoms with E-state index in [1.807, 2.05) is 36.7 Å². The molecule has 2 heterocycles. The van der Waals surface area contributed by atoms with Crippen molar-refractivity contribution < 1.29 is 4.40 Å². The van der Waals surface area contributed by atoms with Crippen molar-refractivity contribution >= 4 is 11.6 Å². The van der Waals surface area contributed by atoms with E-state index in [1.54, 1.807) is 0 Å². The van der Waals surface area contributed by atoms with Crippen molar-refractivity contribution in [2.75, 3.05) is 0 Å². The van der Waals surface area contributed by atoms with Crippen molar-refractivity contribution in [3.8, 4) is 0 Å². The van der Waals surface area contributed by atoms with Crippen LogP contribution < -0.4 is 4.40 Å². The van der Waals surface area contributed by atoms with E-state index in [4.69, 9.17) is 0 Å². The van der Waals surface area contributed by atoms with Crippen LogP contribution in [-0.2, 0) is 0 Å². The second kappa shape index (κ2) is 2.78. The van der Waals surface area contributed by atoms with Crippen LogP contribution in [0.2, 0.25) is 0 Å². The molecule has 0 saturated heterocycles. The van der Waals surface area contributed by atoms with Crippen molar-refractivity contribution in [1.82, 2.24) is 0 Å². The van der Waals surface area contributed by atoms with Gasteiger partial charge in [0.25, 0.3) is 0 Å². The lowest BCUT2D eigenvalue weighted by Gasteiger charge is -1.92. The van der Waals surface area contributed by atoms with Gasteiger partial charge in [-0.25, -0.2) is 0 Å². The van der Waals surface area contributed by atoms with Gasteiger partial charge in [-0.2, -0.15) is 4.40 Å². The van der Waals surface area contributed by atoms with Crippen LogP contribution in [-0.4, -0.2) is 0 Å². The average Bonchev–Trinajstić information content (AvgIpc) is 2.17. The molecule has 0 spiro atoms. The van der Waals surface area contributed by atoms with Crippen LogP contribution in [0.15, 0.2) is 49.3 Å². The molecule has 2 aromatic rings. The highest BCUT2D eigenvalue weighted by atomic mass is 14.8. The molecule has 0 amide bonds. The van der Waals surface area contributed by atoms with Crippen molar-refractivity contribution in [3.05, 3.63) is 54.9 Å². The van der Waals surface area contributed by atoms with Gasteiger partial charge in [-0.1, -0.05) is 12.7 Å². The molecule has 0 atom stereocenters. The van der Waals surface area contributed by atoms with E-state index in [-0.39, 0.29) is 0 Å². The van der Waals surface area contributed by atoms with Gasteiger partial charge in [0.15, 0.2) is 12.4 Å². The van der Waals surface area contributed by atoms with Gasteiger partial charge in [-0.05, 0) is 12.1 Å². The predicted molar refractivity (Wildman–Crippen MR) is 49.7 cm³/mol. The standard InChI is InChI=1S/C11H10N/c1-2-10-6-5-9-12-8-4-3-7-11(10)12/h2-9H,1H2/q+1. The normalized spacial score (nSPS) is 10.0. The van der Waals surface area contributed by atoms with Crippen molar-refractivity contribution in [2.24, 2.45) is 0 Å². The molecule has 1 heteroatoms. The lowest BCUT2D eigenvalue weighted by molar-refractivity contribution is -0.512. The van der Waals surface area contributed by atoms with Gasteiger partial charge in [0.2, 0.25) is 5.52 Å². The Bertz CT molecular complexity index is 413. The minimum Gasteiger partial charge on any atom is -0.167 e. The zero-order valence-electron chi connectivity index (χ0n) is 6.77. The maximum Gasteiger partial charge on any atom is 0.217 e. The lowest BCUT2D eigenvalue weighted by atomic mass is 10.2. The molecule has 0 aromatic carbocycles. The Morgan fingerprint density at radius 1 is 1.08 bits per heavy atom. The van der Waals surface area contributed by atoms with Gasteiger partial charge in [0, 0.05) is 23.8 Å². The van der Waals surface area contributed by atoms with Crippen molar-refractivity contribution in [3.63, 3.8) is 0 Å². The number of pyridine rings is 2. The van der Waals surface area contributed by atoms with Gasteiger partial charge in [0.1, 0.15) is 0 Å². The third-order valence-electron chi connectivity index (χ3n) is 1.93. The summed E-state index contributed by atoms with van der Waals surface area (Å²) >= 11 is 0. The van der Waals surface area contributed by atoms with E-state index in [9.17, 15) is 0 Å². The van der Waals surface area contributed by atoms with Gasteiger partial charge in [0.05, 0.1) is 0 Å². The Kier molecular flexibility index (Phi) is 1.63. The second-order valence-electron chi connectivity index (χ2n) is 2.66. The summed E-state index contributed by atoms with van der Waals surface area (Å²) in [7, 11) is 0. The number of aromatic nitrogens is 1. The first kappa shape index (κ1) is 7.04. The summed E-state index contributed by atoms with van der Waals surface area (Å²) < 4.78 is 2.08. The highest BCUT2D eigenvalue weighted by molar-refractivity contribution is 5.63. The van der Waals surface area contributed by atoms with Gasteiger partial charge in [-0.3, -0.25) is 0 Å². The van der Waals surface area contributed by atoms with Crippen molar-refractivity contribution in [1.29, 1.82) is 0 Å². The smallest absolute Gasteiger partial charge is 0.167 e. The number of hydrogen-bond donors (Lipinski definition) is 0. The molecule has 2 rings (SSSR count). The molecule has 0 unspecified atom stereocenters. The summed E-state index contributed by atoms with van der Waals surface area (Å²) in [5.74, 6) is 0. The monoisotopic (exact) mass is 156 g/mol. The fourth-order valence-corrected chi connectivity index (χ4v) is 1.33. The first-order valence-electron chi connectivity index (χ1n) is 3.93. The Hall–Kier alpha value is -1.63. The molecule has 0 saturated carbocycles. The highest BCUT2D eigenvalue weighted by Crippen LogP contribution is 2.05. The summed E-state index contributed by atoms with van der Waals surface area (Å²) in [6.07, 6.45) is 5.93. The number of nitrogens with zero attached hydrogens (tertiary/aromatic N) is 1. The summed E-state index contributed by atoms with van der Waals surface area (Å²) in [6.45, 7) is 3.77. The van der Waals surface area contributed by atoms with Crippen LogP contribution in [0.1, 0.15) is 5.56 Å². The summed E-state index contributed by atoms with van der Waals surface area (Å²) in [5, 5.41) is 0. The molecule has 12 heavy (non-hydrogen) atoms. The Balaban J connectivity index is 2.88. The summed E-state index contributed by atoms with van der Waals surface area (Å²) in [5.41, 5.74) is 2.35. The number of rotatable bonds is 1. The zero-order valence-corrected chi connectivity index (χ0v) is 6.77. The van der Waals surface area contributed by atoms with Crippen LogP contribution in [0, 0.1) is 0 Å². The van der Waals surface area contributed by atoms with E-state index in [1.165, 1.54) is 5.52 Å². The van der Waals surface area contributed by atoms with Crippen LogP contribution in [0.25, 0.3) is 11.6 Å². The molecule has 0 bridgehead atoms. The first-order chi connectivity index (χ1) is 5.92. The van der Waals surface area contributed by atoms with E-state index in [0.717, 1.165) is 5.56 Å². The van der Waals surface area contributed by atoms with Crippen LogP contribution in [0.3, 0.4) is 0 Å². The average molecular weight is 156 g/mol. The fraction of sp³-hybridized carbons (Fsp3) is 0. The maximum absolute atomic E-state index is 3.77. The van der Waals surface area contributed by atoms with Gasteiger partial charge >= 0.3 is 0 Å². The van der Waals surface area contributed by atoms with Crippen molar-refractivity contribution in [2.45, 2.75) is 0 Å². The maximum atomic E-state index is 3.77. The number of fused-ring (bicyclic) bond motifs is 1. The molecular weight excluding hydrogens is 146 g/mol. The third kappa shape index (κ3) is 0.996. The lowest BCUT2D eigenvalue weighted by Crippen LogP contribution is -2.20. The zero-order chi connectivity index (χ0) is 8.39. The molecule has 58 valence electrons. The molecular formula is C11H10N+. The molecule has 1 nitrogen and oxygen atoms in total. The molecule has 0 aliphatic rings. The Labute approximate surface area is 71.6 Å². The topological polar surface area (TPSA) is 4.10 Å². The fourth-order valence-electron chi connectivity index (χ4n) is 1.33. The molecule has 0 radical (unpaired) electrons. The minimum absolute atomic E-state index is 1.16. The molecule has 0 fully saturated rings. The van der Waals surface area contributed by atoms with E-state index < -0.39 is 0 Å². The van der Waals surface area contributed by atoms with E-state index >= 15 is 0 Å². The van der Waals surface area contributed by atoms with Gasteiger partial charge in [-0.15, -0.1) is 0 Å². The van der Waals surface area contributed by atoms with Crippen LogP contribution >= 0.6 is 0 Å². The van der Waals surface area contributed by atoms with Gasteiger partial charge < -0.3 is 0 Å². The second-order valence-corrected chi connectivity index (χ2v) is 2.66. The number of hydrogen-bond acceptors (Lipinski definition) is 0. The highest BCUT2D eigenvalue weighted by Gasteiger charge is 2.01. The Morgan fingerprint density at radius 2 is 1.92 bits per heavy atom. The molecule has 0 aliphatic carbocycles. The van der Waals surface area contributed by atoms with E-state index in [2.05, 4.69) is 23.1 Å². The molecule has 0 N–H and O–H groups in total. The first-order valence-corrected chi connectivity index (χ1v) is 3.93. The third-order valence-corrected chi connectivity index (χ3v) is 1.93. The Morgan fingerprint density at radius 3 is 2.75 bits per heavy atom. The van der Waals surface area contributed by atoms with Crippen LogP contribution in [0.5, 0.6) is 0 Å².